The molecule has 0 bridgehead atoms. The lowest BCUT2D eigenvalue weighted by Gasteiger charge is -2.07. The van der Waals surface area contributed by atoms with Crippen molar-refractivity contribution in [1.29, 1.82) is 0 Å². The molecule has 5 heteroatoms. The molecule has 2 rings (SSSR count). The summed E-state index contributed by atoms with van der Waals surface area (Å²) in [4.78, 5) is 11.6. The second-order valence-corrected chi connectivity index (χ2v) is 5.59. The predicted octanol–water partition coefficient (Wildman–Crippen LogP) is 1.18. The summed E-state index contributed by atoms with van der Waals surface area (Å²) in [5.41, 5.74) is 0.128. The Morgan fingerprint density at radius 3 is 2.44 bits per heavy atom. The molecule has 3 unspecified atom stereocenters. The van der Waals surface area contributed by atoms with Crippen LogP contribution < -0.4 is 0 Å². The summed E-state index contributed by atoms with van der Waals surface area (Å²) in [7, 11) is -1.37. The van der Waals surface area contributed by atoms with Crippen LogP contribution in [0.15, 0.2) is 29.2 Å². The molecule has 0 aliphatic carbocycles. The molecule has 3 atom stereocenters. The number of carboxylic acid groups (broad SMARTS) is 1. The largest absolute Gasteiger partial charge is 0.480 e. The first kappa shape index (κ1) is 11.3. The van der Waals surface area contributed by atoms with Crippen LogP contribution in [0.4, 0.5) is 0 Å². The van der Waals surface area contributed by atoms with Crippen molar-refractivity contribution in [2.45, 2.75) is 24.3 Å². The van der Waals surface area contributed by atoms with Gasteiger partial charge in [0.1, 0.15) is 16.5 Å². The molecule has 0 saturated carbocycles. The molecule has 16 heavy (non-hydrogen) atoms. The summed E-state index contributed by atoms with van der Waals surface area (Å²) >= 11 is 0. The average molecular weight is 239 g/mol. The molecule has 86 valence electrons. The SMILES string of the molecule is Cc1ccc(S(=O)N2CC2(C)C(=O)O)cc1. The second-order valence-electron chi connectivity index (χ2n) is 4.18. The van der Waals surface area contributed by atoms with E-state index in [9.17, 15) is 9.00 Å². The van der Waals surface area contributed by atoms with Gasteiger partial charge in [0.05, 0.1) is 4.90 Å². The smallest absolute Gasteiger partial charge is 0.326 e. The van der Waals surface area contributed by atoms with Gasteiger partial charge in [0.25, 0.3) is 0 Å². The van der Waals surface area contributed by atoms with Crippen LogP contribution in [0.25, 0.3) is 0 Å². The van der Waals surface area contributed by atoms with Crippen molar-refractivity contribution in [1.82, 2.24) is 4.31 Å². The second kappa shape index (κ2) is 3.68. The fourth-order valence-corrected chi connectivity index (χ4v) is 2.88. The molecule has 1 fully saturated rings. The molecule has 0 radical (unpaired) electrons. The molecular weight excluding hydrogens is 226 g/mol. The minimum absolute atomic E-state index is 0.336. The van der Waals surface area contributed by atoms with Gasteiger partial charge in [-0.05, 0) is 26.0 Å². The summed E-state index contributed by atoms with van der Waals surface area (Å²) in [6, 6.07) is 7.28. The van der Waals surface area contributed by atoms with Gasteiger partial charge in [-0.3, -0.25) is 4.79 Å². The number of carboxylic acids is 1. The molecule has 1 aromatic rings. The Hall–Kier alpha value is -1.20. The Bertz CT molecular complexity index is 457. The average Bonchev–Trinajstić information content (AvgIpc) is 2.93. The van der Waals surface area contributed by atoms with Gasteiger partial charge in [0.2, 0.25) is 0 Å². The van der Waals surface area contributed by atoms with Gasteiger partial charge in [-0.1, -0.05) is 17.7 Å². The van der Waals surface area contributed by atoms with Crippen LogP contribution in [0.1, 0.15) is 12.5 Å². The maximum atomic E-state index is 12.0. The third-order valence-electron chi connectivity index (χ3n) is 2.78. The zero-order chi connectivity index (χ0) is 11.9. The van der Waals surface area contributed by atoms with Crippen molar-refractivity contribution in [3.8, 4) is 0 Å². The van der Waals surface area contributed by atoms with Gasteiger partial charge in [-0.2, -0.15) is 4.31 Å². The van der Waals surface area contributed by atoms with Crippen molar-refractivity contribution < 1.29 is 14.1 Å². The summed E-state index contributed by atoms with van der Waals surface area (Å²) in [6.07, 6.45) is 0. The van der Waals surface area contributed by atoms with Gasteiger partial charge in [-0.25, -0.2) is 4.21 Å². The fourth-order valence-electron chi connectivity index (χ4n) is 1.44. The van der Waals surface area contributed by atoms with E-state index in [0.29, 0.717) is 11.4 Å². The van der Waals surface area contributed by atoms with Crippen LogP contribution in [-0.2, 0) is 15.8 Å². The van der Waals surface area contributed by atoms with Crippen molar-refractivity contribution in [3.63, 3.8) is 0 Å². The van der Waals surface area contributed by atoms with E-state index < -0.39 is 22.5 Å². The first-order valence-electron chi connectivity index (χ1n) is 4.95. The minimum atomic E-state index is -1.37. The van der Waals surface area contributed by atoms with E-state index >= 15 is 0 Å². The van der Waals surface area contributed by atoms with Gasteiger partial charge in [0, 0.05) is 6.54 Å². The quantitative estimate of drug-likeness (QED) is 0.806. The van der Waals surface area contributed by atoms with E-state index in [1.54, 1.807) is 19.1 Å². The van der Waals surface area contributed by atoms with E-state index in [-0.39, 0.29) is 0 Å². The standard InChI is InChI=1S/C11H13NO3S/c1-8-3-5-9(6-4-8)16(15)12-7-11(12,2)10(13)14/h3-6H,7H2,1-2H3,(H,13,14). The highest BCUT2D eigenvalue weighted by Gasteiger charge is 2.58. The fraction of sp³-hybridized carbons (Fsp3) is 0.364. The minimum Gasteiger partial charge on any atom is -0.480 e. The lowest BCUT2D eigenvalue weighted by molar-refractivity contribution is -0.140. The lowest BCUT2D eigenvalue weighted by Crippen LogP contribution is -2.26. The lowest BCUT2D eigenvalue weighted by atomic mass is 10.2. The van der Waals surface area contributed by atoms with Crippen molar-refractivity contribution >= 4 is 17.0 Å². The van der Waals surface area contributed by atoms with Crippen LogP contribution >= 0.6 is 0 Å². The topological polar surface area (TPSA) is 57.4 Å². The Morgan fingerprint density at radius 1 is 1.44 bits per heavy atom. The molecule has 1 N–H and O–H groups in total. The number of benzene rings is 1. The third kappa shape index (κ3) is 1.76. The van der Waals surface area contributed by atoms with Crippen LogP contribution in [-0.4, -0.2) is 31.7 Å². The molecule has 0 aromatic heterocycles. The maximum absolute atomic E-state index is 12.0. The van der Waals surface area contributed by atoms with E-state index in [1.165, 1.54) is 4.31 Å². The van der Waals surface area contributed by atoms with Crippen LogP contribution in [0.3, 0.4) is 0 Å². The number of aryl methyl sites for hydroxylation is 1. The van der Waals surface area contributed by atoms with Crippen molar-refractivity contribution in [3.05, 3.63) is 29.8 Å². The Kier molecular flexibility index (Phi) is 2.59. The van der Waals surface area contributed by atoms with E-state index in [0.717, 1.165) is 5.56 Å². The molecule has 0 amide bonds. The van der Waals surface area contributed by atoms with Crippen molar-refractivity contribution in [2.24, 2.45) is 0 Å². The number of hydrogen-bond donors (Lipinski definition) is 1. The van der Waals surface area contributed by atoms with Crippen LogP contribution in [0.5, 0.6) is 0 Å². The van der Waals surface area contributed by atoms with Crippen LogP contribution in [0.2, 0.25) is 0 Å². The molecule has 4 nitrogen and oxygen atoms in total. The Balaban J connectivity index is 2.17. The third-order valence-corrected chi connectivity index (χ3v) is 4.39. The number of rotatable bonds is 3. The molecule has 1 aliphatic rings. The highest BCUT2D eigenvalue weighted by atomic mass is 32.2. The first-order valence-corrected chi connectivity index (χ1v) is 6.05. The number of carbonyl (C=O) groups is 1. The van der Waals surface area contributed by atoms with Crippen molar-refractivity contribution in [2.75, 3.05) is 6.54 Å². The number of aliphatic carboxylic acids is 1. The van der Waals surface area contributed by atoms with Gasteiger partial charge < -0.3 is 5.11 Å². The van der Waals surface area contributed by atoms with E-state index in [4.69, 9.17) is 5.11 Å². The van der Waals surface area contributed by atoms with Gasteiger partial charge >= 0.3 is 5.97 Å². The monoisotopic (exact) mass is 239 g/mol. The molecule has 1 heterocycles. The summed E-state index contributed by atoms with van der Waals surface area (Å²) < 4.78 is 13.5. The highest BCUT2D eigenvalue weighted by Crippen LogP contribution is 2.36. The first-order chi connectivity index (χ1) is 7.45. The number of nitrogens with zero attached hydrogens (tertiary/aromatic N) is 1. The summed E-state index contributed by atoms with van der Waals surface area (Å²) in [6.45, 7) is 3.87. The molecule has 1 aliphatic heterocycles. The number of hydrogen-bond acceptors (Lipinski definition) is 2. The maximum Gasteiger partial charge on any atom is 0.326 e. The highest BCUT2D eigenvalue weighted by molar-refractivity contribution is 7.83. The molecule has 0 spiro atoms. The summed E-state index contributed by atoms with van der Waals surface area (Å²) in [5.74, 6) is -0.923. The zero-order valence-electron chi connectivity index (χ0n) is 9.14. The van der Waals surface area contributed by atoms with E-state index in [1.807, 2.05) is 19.1 Å². The molecule has 1 saturated heterocycles. The van der Waals surface area contributed by atoms with E-state index in [2.05, 4.69) is 0 Å². The Morgan fingerprint density at radius 2 is 2.00 bits per heavy atom. The Labute approximate surface area is 96.5 Å². The van der Waals surface area contributed by atoms with Gasteiger partial charge in [-0.15, -0.1) is 0 Å². The summed E-state index contributed by atoms with van der Waals surface area (Å²) in [5, 5.41) is 8.95. The zero-order valence-corrected chi connectivity index (χ0v) is 9.95. The predicted molar refractivity (Wildman–Crippen MR) is 60.3 cm³/mol. The van der Waals surface area contributed by atoms with Gasteiger partial charge in [0.15, 0.2) is 0 Å². The normalized spacial score (nSPS) is 29.8. The molecular formula is C11H13NO3S. The molecule has 1 aromatic carbocycles. The van der Waals surface area contributed by atoms with Crippen LogP contribution in [0, 0.1) is 6.92 Å².